The molecule has 4 heteroatoms. The van der Waals surface area contributed by atoms with Crippen LogP contribution in [0.5, 0.6) is 0 Å². The lowest BCUT2D eigenvalue weighted by Gasteiger charge is -2.29. The molecule has 0 aromatic heterocycles. The van der Waals surface area contributed by atoms with Gasteiger partial charge in [0, 0.05) is 13.1 Å². The Morgan fingerprint density at radius 1 is 1.21 bits per heavy atom. The van der Waals surface area contributed by atoms with Crippen molar-refractivity contribution in [3.63, 3.8) is 0 Å². The fourth-order valence-corrected chi connectivity index (χ4v) is 4.75. The Morgan fingerprint density at radius 3 is 2.37 bits per heavy atom. The smallest absolute Gasteiger partial charge is 0.212 e. The van der Waals surface area contributed by atoms with Crippen molar-refractivity contribution < 1.29 is 8.42 Å². The van der Waals surface area contributed by atoms with E-state index >= 15 is 0 Å². The number of sulfonamides is 1. The van der Waals surface area contributed by atoms with Crippen molar-refractivity contribution in [2.24, 2.45) is 17.3 Å². The van der Waals surface area contributed by atoms with Gasteiger partial charge in [-0.15, -0.1) is 0 Å². The SMILES string of the molecule is CCC(C)CS(=O)(=O)N1CCCC(C(C)(C)C)CC1. The fraction of sp³-hybridized carbons (Fsp3) is 1.00. The van der Waals surface area contributed by atoms with Crippen LogP contribution in [-0.4, -0.2) is 31.6 Å². The minimum atomic E-state index is -3.05. The van der Waals surface area contributed by atoms with E-state index in [2.05, 4.69) is 27.7 Å². The molecule has 0 aromatic carbocycles. The van der Waals surface area contributed by atoms with Crippen molar-refractivity contribution in [1.82, 2.24) is 4.31 Å². The van der Waals surface area contributed by atoms with Gasteiger partial charge in [0.15, 0.2) is 0 Å². The van der Waals surface area contributed by atoms with Crippen molar-refractivity contribution in [3.05, 3.63) is 0 Å². The second-order valence-electron chi connectivity index (χ2n) is 7.18. The van der Waals surface area contributed by atoms with E-state index in [-0.39, 0.29) is 11.3 Å². The lowest BCUT2D eigenvalue weighted by Crippen LogP contribution is -2.36. The van der Waals surface area contributed by atoms with E-state index in [0.29, 0.717) is 24.8 Å². The van der Waals surface area contributed by atoms with Crippen LogP contribution >= 0.6 is 0 Å². The summed E-state index contributed by atoms with van der Waals surface area (Å²) in [4.78, 5) is 0. The van der Waals surface area contributed by atoms with Gasteiger partial charge in [-0.25, -0.2) is 12.7 Å². The second-order valence-corrected chi connectivity index (χ2v) is 9.20. The van der Waals surface area contributed by atoms with Crippen LogP contribution in [0.2, 0.25) is 0 Å². The third-order valence-electron chi connectivity index (χ3n) is 4.50. The number of nitrogens with zero attached hydrogens (tertiary/aromatic N) is 1. The summed E-state index contributed by atoms with van der Waals surface area (Å²) in [5.41, 5.74) is 0.288. The highest BCUT2D eigenvalue weighted by molar-refractivity contribution is 7.89. The van der Waals surface area contributed by atoms with Gasteiger partial charge < -0.3 is 0 Å². The quantitative estimate of drug-likeness (QED) is 0.794. The second kappa shape index (κ2) is 6.57. The van der Waals surface area contributed by atoms with Gasteiger partial charge in [0.25, 0.3) is 0 Å². The monoisotopic (exact) mass is 289 g/mol. The van der Waals surface area contributed by atoms with Crippen molar-refractivity contribution in [3.8, 4) is 0 Å². The van der Waals surface area contributed by atoms with Gasteiger partial charge in [0.05, 0.1) is 5.75 Å². The maximum atomic E-state index is 12.4. The Morgan fingerprint density at radius 2 is 1.84 bits per heavy atom. The summed E-state index contributed by atoms with van der Waals surface area (Å²) >= 11 is 0. The van der Waals surface area contributed by atoms with E-state index in [4.69, 9.17) is 0 Å². The maximum absolute atomic E-state index is 12.4. The Balaban J connectivity index is 2.67. The molecule has 1 heterocycles. The van der Waals surface area contributed by atoms with Gasteiger partial charge in [-0.1, -0.05) is 41.0 Å². The van der Waals surface area contributed by atoms with Gasteiger partial charge in [0.1, 0.15) is 0 Å². The van der Waals surface area contributed by atoms with Crippen LogP contribution < -0.4 is 0 Å². The molecule has 0 aromatic rings. The standard InChI is InChI=1S/C15H31NO2S/c1-6-13(2)12-19(17,18)16-10-7-8-14(9-11-16)15(3,4)5/h13-14H,6-12H2,1-5H3. The minimum Gasteiger partial charge on any atom is -0.212 e. The molecule has 0 saturated carbocycles. The van der Waals surface area contributed by atoms with Gasteiger partial charge in [0.2, 0.25) is 10.0 Å². The molecular formula is C15H31NO2S. The Hall–Kier alpha value is -0.0900. The van der Waals surface area contributed by atoms with Crippen molar-refractivity contribution >= 4 is 10.0 Å². The Labute approximate surface area is 119 Å². The molecule has 1 aliphatic heterocycles. The number of rotatable bonds is 4. The zero-order valence-corrected chi connectivity index (χ0v) is 14.1. The topological polar surface area (TPSA) is 37.4 Å². The first-order valence-electron chi connectivity index (χ1n) is 7.64. The zero-order chi connectivity index (χ0) is 14.7. The lowest BCUT2D eigenvalue weighted by molar-refractivity contribution is 0.216. The third-order valence-corrected chi connectivity index (χ3v) is 6.64. The molecule has 1 saturated heterocycles. The number of hydrogen-bond acceptors (Lipinski definition) is 2. The first-order valence-corrected chi connectivity index (χ1v) is 9.25. The van der Waals surface area contributed by atoms with Crippen LogP contribution in [0.25, 0.3) is 0 Å². The summed E-state index contributed by atoms with van der Waals surface area (Å²) < 4.78 is 26.5. The predicted molar refractivity (Wildman–Crippen MR) is 81.6 cm³/mol. The van der Waals surface area contributed by atoms with Crippen LogP contribution in [0.4, 0.5) is 0 Å². The summed E-state index contributed by atoms with van der Waals surface area (Å²) in [7, 11) is -3.05. The van der Waals surface area contributed by atoms with E-state index < -0.39 is 10.0 Å². The molecule has 114 valence electrons. The third kappa shape index (κ3) is 5.07. The summed E-state index contributed by atoms with van der Waals surface area (Å²) in [6.45, 7) is 12.3. The first kappa shape index (κ1) is 17.0. The van der Waals surface area contributed by atoms with E-state index in [1.807, 2.05) is 6.92 Å². The number of hydrogen-bond donors (Lipinski definition) is 0. The molecule has 1 fully saturated rings. The lowest BCUT2D eigenvalue weighted by atomic mass is 9.77. The minimum absolute atomic E-state index is 0.256. The maximum Gasteiger partial charge on any atom is 0.214 e. The molecular weight excluding hydrogens is 258 g/mol. The average Bonchev–Trinajstić information content (AvgIpc) is 2.53. The Bertz CT molecular complexity index is 370. The first-order chi connectivity index (χ1) is 8.66. The van der Waals surface area contributed by atoms with Crippen LogP contribution in [0.1, 0.15) is 60.3 Å². The predicted octanol–water partition coefficient (Wildman–Crippen LogP) is 3.51. The molecule has 0 amide bonds. The van der Waals surface area contributed by atoms with Crippen molar-refractivity contribution in [1.29, 1.82) is 0 Å². The molecule has 3 nitrogen and oxygen atoms in total. The molecule has 1 aliphatic rings. The highest BCUT2D eigenvalue weighted by atomic mass is 32.2. The molecule has 2 unspecified atom stereocenters. The largest absolute Gasteiger partial charge is 0.214 e. The summed E-state index contributed by atoms with van der Waals surface area (Å²) in [6.07, 6.45) is 4.08. The van der Waals surface area contributed by atoms with Crippen LogP contribution in [-0.2, 0) is 10.0 Å². The van der Waals surface area contributed by atoms with E-state index in [9.17, 15) is 8.42 Å². The molecule has 0 radical (unpaired) electrons. The molecule has 19 heavy (non-hydrogen) atoms. The highest BCUT2D eigenvalue weighted by Crippen LogP contribution is 2.34. The normalized spacial score (nSPS) is 25.0. The van der Waals surface area contributed by atoms with Gasteiger partial charge >= 0.3 is 0 Å². The average molecular weight is 289 g/mol. The molecule has 0 aliphatic carbocycles. The van der Waals surface area contributed by atoms with Crippen molar-refractivity contribution in [2.75, 3.05) is 18.8 Å². The summed E-state index contributed by atoms with van der Waals surface area (Å²) in [5.74, 6) is 1.20. The molecule has 1 rings (SSSR count). The van der Waals surface area contributed by atoms with Crippen molar-refractivity contribution in [2.45, 2.75) is 60.3 Å². The Kier molecular flexibility index (Phi) is 5.87. The molecule has 0 spiro atoms. The van der Waals surface area contributed by atoms with Gasteiger partial charge in [-0.05, 0) is 36.5 Å². The van der Waals surface area contributed by atoms with E-state index in [1.165, 1.54) is 0 Å². The van der Waals surface area contributed by atoms with E-state index in [1.54, 1.807) is 4.31 Å². The van der Waals surface area contributed by atoms with Crippen LogP contribution in [0.15, 0.2) is 0 Å². The van der Waals surface area contributed by atoms with Crippen LogP contribution in [0.3, 0.4) is 0 Å². The fourth-order valence-electron chi connectivity index (χ4n) is 2.80. The molecule has 0 N–H and O–H groups in total. The molecule has 2 atom stereocenters. The van der Waals surface area contributed by atoms with Gasteiger partial charge in [-0.2, -0.15) is 0 Å². The van der Waals surface area contributed by atoms with E-state index in [0.717, 1.165) is 25.7 Å². The summed E-state index contributed by atoms with van der Waals surface area (Å²) in [6, 6.07) is 0. The van der Waals surface area contributed by atoms with Gasteiger partial charge in [-0.3, -0.25) is 0 Å². The van der Waals surface area contributed by atoms with Crippen LogP contribution in [0, 0.1) is 17.3 Å². The summed E-state index contributed by atoms with van der Waals surface area (Å²) in [5, 5.41) is 0. The zero-order valence-electron chi connectivity index (χ0n) is 13.3. The molecule has 0 bridgehead atoms. The highest BCUT2D eigenvalue weighted by Gasteiger charge is 2.31.